The number of pyridine rings is 1. The van der Waals surface area contributed by atoms with Crippen molar-refractivity contribution in [3.05, 3.63) is 75.2 Å². The summed E-state index contributed by atoms with van der Waals surface area (Å²) >= 11 is 0. The Kier molecular flexibility index (Phi) is 8.22. The molecule has 0 bridgehead atoms. The number of carbonyl (C=O) groups excluding carboxylic acids is 1. The van der Waals surface area contributed by atoms with Crippen LogP contribution in [0.1, 0.15) is 12.0 Å². The van der Waals surface area contributed by atoms with Gasteiger partial charge < -0.3 is 15.4 Å². The Morgan fingerprint density at radius 1 is 1.05 bits per heavy atom. The summed E-state index contributed by atoms with van der Waals surface area (Å²) in [6.45, 7) is 4.77. The second-order valence-corrected chi connectivity index (χ2v) is 9.55. The first-order valence-electron chi connectivity index (χ1n) is 13.1. The zero-order valence-electron chi connectivity index (χ0n) is 22.3. The summed E-state index contributed by atoms with van der Waals surface area (Å²) in [4.78, 5) is 50.1. The number of hydrogen-bond donors (Lipinski definition) is 1. The van der Waals surface area contributed by atoms with Gasteiger partial charge in [0.15, 0.2) is 17.0 Å². The molecule has 1 aliphatic rings. The molecule has 3 aromatic heterocycles. The van der Waals surface area contributed by atoms with E-state index < -0.39 is 11.2 Å². The van der Waals surface area contributed by atoms with Gasteiger partial charge in [-0.2, -0.15) is 0 Å². The SMILES string of the molecule is Cn1c(=O)c2nc(-c3ccc(OCCCN4CCN(C(=O)CN)CC4)cc3)nnc2n(Cc2cccnc2)c1=O. The normalized spacial score (nSPS) is 14.0. The Morgan fingerprint density at radius 2 is 1.82 bits per heavy atom. The molecular weight excluding hydrogens is 514 g/mol. The molecule has 1 saturated heterocycles. The zero-order valence-corrected chi connectivity index (χ0v) is 22.3. The van der Waals surface area contributed by atoms with E-state index >= 15 is 0 Å². The van der Waals surface area contributed by atoms with Crippen molar-refractivity contribution >= 4 is 17.1 Å². The predicted molar refractivity (Wildman–Crippen MR) is 148 cm³/mol. The smallest absolute Gasteiger partial charge is 0.332 e. The highest BCUT2D eigenvalue weighted by Gasteiger charge is 2.20. The van der Waals surface area contributed by atoms with Gasteiger partial charge in [-0.1, -0.05) is 6.07 Å². The average Bonchev–Trinajstić information content (AvgIpc) is 3.01. The molecule has 4 aromatic rings. The predicted octanol–water partition coefficient (Wildman–Crippen LogP) is -0.133. The van der Waals surface area contributed by atoms with Gasteiger partial charge in [0.1, 0.15) is 5.75 Å². The zero-order chi connectivity index (χ0) is 28.1. The fourth-order valence-electron chi connectivity index (χ4n) is 4.63. The third-order valence-electron chi connectivity index (χ3n) is 6.91. The molecule has 0 radical (unpaired) electrons. The molecule has 1 aromatic carbocycles. The fourth-order valence-corrected chi connectivity index (χ4v) is 4.63. The fraction of sp³-hybridized carbons (Fsp3) is 0.370. The Labute approximate surface area is 229 Å². The summed E-state index contributed by atoms with van der Waals surface area (Å²) in [7, 11) is 1.42. The highest BCUT2D eigenvalue weighted by Crippen LogP contribution is 2.20. The minimum absolute atomic E-state index is 0.000152. The van der Waals surface area contributed by atoms with Gasteiger partial charge in [-0.3, -0.25) is 28.6 Å². The maximum Gasteiger partial charge on any atom is 0.332 e. The van der Waals surface area contributed by atoms with Crippen molar-refractivity contribution in [1.82, 2.24) is 39.1 Å². The molecule has 0 atom stereocenters. The Balaban J connectivity index is 1.23. The number of piperazine rings is 1. The van der Waals surface area contributed by atoms with Crippen LogP contribution in [0.15, 0.2) is 58.4 Å². The van der Waals surface area contributed by atoms with Crippen molar-refractivity contribution in [2.45, 2.75) is 13.0 Å². The third kappa shape index (κ3) is 5.90. The third-order valence-corrected chi connectivity index (χ3v) is 6.91. The summed E-state index contributed by atoms with van der Waals surface area (Å²) in [6, 6.07) is 10.9. The lowest BCUT2D eigenvalue weighted by atomic mass is 10.2. The lowest BCUT2D eigenvalue weighted by Gasteiger charge is -2.34. The number of benzene rings is 1. The van der Waals surface area contributed by atoms with Crippen LogP contribution in [0, 0.1) is 0 Å². The highest BCUT2D eigenvalue weighted by molar-refractivity contribution is 5.78. The van der Waals surface area contributed by atoms with Gasteiger partial charge in [0.2, 0.25) is 5.91 Å². The molecule has 1 fully saturated rings. The van der Waals surface area contributed by atoms with Gasteiger partial charge in [0.05, 0.1) is 19.7 Å². The van der Waals surface area contributed by atoms with Crippen molar-refractivity contribution in [3.63, 3.8) is 0 Å². The van der Waals surface area contributed by atoms with E-state index in [0.717, 1.165) is 36.2 Å². The molecule has 1 aliphatic heterocycles. The topological polar surface area (TPSA) is 154 Å². The standard InChI is InChI=1S/C27H31N9O4/c1-33-26(38)23-25(36(27(33)39)18-19-4-2-9-29-17-19)32-31-24(30-23)20-5-7-21(8-6-20)40-15-3-10-34-11-13-35(14-12-34)22(37)16-28/h2,4-9,17H,3,10-16,18,28H2,1H3. The van der Waals surface area contributed by atoms with Crippen LogP contribution in [0.5, 0.6) is 5.75 Å². The first kappa shape index (κ1) is 27.1. The van der Waals surface area contributed by atoms with Crippen molar-refractivity contribution in [2.75, 3.05) is 45.9 Å². The Bertz CT molecular complexity index is 1600. The van der Waals surface area contributed by atoms with E-state index in [2.05, 4.69) is 25.1 Å². The van der Waals surface area contributed by atoms with Gasteiger partial charge in [0.25, 0.3) is 5.56 Å². The molecule has 40 heavy (non-hydrogen) atoms. The summed E-state index contributed by atoms with van der Waals surface area (Å²) in [5.41, 5.74) is 6.03. The molecular formula is C27H31N9O4. The molecule has 0 aliphatic carbocycles. The minimum Gasteiger partial charge on any atom is -0.494 e. The average molecular weight is 546 g/mol. The van der Waals surface area contributed by atoms with Crippen molar-refractivity contribution < 1.29 is 9.53 Å². The first-order chi connectivity index (χ1) is 19.4. The lowest BCUT2D eigenvalue weighted by molar-refractivity contribution is -0.131. The quantitative estimate of drug-likeness (QED) is 0.281. The van der Waals surface area contributed by atoms with Crippen LogP contribution >= 0.6 is 0 Å². The van der Waals surface area contributed by atoms with Gasteiger partial charge in [0, 0.05) is 57.7 Å². The molecule has 13 nitrogen and oxygen atoms in total. The second kappa shape index (κ2) is 12.1. The Morgan fingerprint density at radius 3 is 2.52 bits per heavy atom. The van der Waals surface area contributed by atoms with Crippen LogP contribution < -0.4 is 21.7 Å². The number of amides is 1. The van der Waals surface area contributed by atoms with Gasteiger partial charge >= 0.3 is 5.69 Å². The van der Waals surface area contributed by atoms with Crippen LogP contribution in [0.4, 0.5) is 0 Å². The van der Waals surface area contributed by atoms with Gasteiger partial charge in [-0.05, 0) is 42.3 Å². The Hall–Kier alpha value is -4.49. The molecule has 5 rings (SSSR count). The number of hydrogen-bond acceptors (Lipinski definition) is 10. The number of nitrogens with two attached hydrogens (primary N) is 1. The van der Waals surface area contributed by atoms with Crippen LogP contribution in [0.3, 0.4) is 0 Å². The van der Waals surface area contributed by atoms with E-state index in [9.17, 15) is 14.4 Å². The van der Waals surface area contributed by atoms with Crippen molar-refractivity contribution in [3.8, 4) is 17.1 Å². The molecule has 0 saturated carbocycles. The summed E-state index contributed by atoms with van der Waals surface area (Å²) in [6.07, 6.45) is 4.15. The van der Waals surface area contributed by atoms with E-state index in [1.54, 1.807) is 18.5 Å². The molecule has 2 N–H and O–H groups in total. The largest absolute Gasteiger partial charge is 0.494 e. The van der Waals surface area contributed by atoms with E-state index in [0.29, 0.717) is 31.0 Å². The van der Waals surface area contributed by atoms with Crippen LogP contribution in [-0.2, 0) is 18.4 Å². The number of fused-ring (bicyclic) bond motifs is 1. The first-order valence-corrected chi connectivity index (χ1v) is 13.1. The molecule has 208 valence electrons. The van der Waals surface area contributed by atoms with Gasteiger partial charge in [-0.15, -0.1) is 10.2 Å². The summed E-state index contributed by atoms with van der Waals surface area (Å²) in [5, 5.41) is 8.42. The highest BCUT2D eigenvalue weighted by atomic mass is 16.5. The molecule has 1 amide bonds. The van der Waals surface area contributed by atoms with E-state index in [1.165, 1.54) is 11.6 Å². The van der Waals surface area contributed by atoms with Crippen LogP contribution in [0.25, 0.3) is 22.6 Å². The molecule has 13 heteroatoms. The monoisotopic (exact) mass is 545 g/mol. The number of nitrogens with zero attached hydrogens (tertiary/aromatic N) is 8. The number of rotatable bonds is 9. The van der Waals surface area contributed by atoms with Crippen molar-refractivity contribution in [1.29, 1.82) is 0 Å². The molecule has 4 heterocycles. The van der Waals surface area contributed by atoms with E-state index in [4.69, 9.17) is 10.5 Å². The van der Waals surface area contributed by atoms with E-state index in [-0.39, 0.29) is 36.0 Å². The number of aromatic nitrogens is 6. The molecule has 0 unspecified atom stereocenters. The summed E-state index contributed by atoms with van der Waals surface area (Å²) < 4.78 is 8.29. The number of ether oxygens (including phenoxy) is 1. The second-order valence-electron chi connectivity index (χ2n) is 9.55. The minimum atomic E-state index is -0.536. The van der Waals surface area contributed by atoms with Crippen molar-refractivity contribution in [2.24, 2.45) is 12.8 Å². The summed E-state index contributed by atoms with van der Waals surface area (Å²) in [5.74, 6) is 0.979. The van der Waals surface area contributed by atoms with Crippen LogP contribution in [-0.4, -0.2) is 90.9 Å². The van der Waals surface area contributed by atoms with Crippen LogP contribution in [0.2, 0.25) is 0 Å². The maximum atomic E-state index is 12.9. The lowest BCUT2D eigenvalue weighted by Crippen LogP contribution is -2.50. The maximum absolute atomic E-state index is 12.9. The van der Waals surface area contributed by atoms with E-state index in [1.807, 2.05) is 35.2 Å². The van der Waals surface area contributed by atoms with Gasteiger partial charge in [-0.25, -0.2) is 9.78 Å². The molecule has 0 spiro atoms. The number of carbonyl (C=O) groups is 1.